The molecule has 3 rings (SSSR count). The SMILES string of the molecule is C[C@H]([C@@H](OC(=O)c1ccncc1)c1ccccc1)N(C)S(=O)(=O)c1cccs1. The molecule has 0 saturated carbocycles. The first-order chi connectivity index (χ1) is 13.4. The summed E-state index contributed by atoms with van der Waals surface area (Å²) in [6, 6.07) is 14.9. The second kappa shape index (κ2) is 8.64. The van der Waals surface area contributed by atoms with Gasteiger partial charge in [-0.1, -0.05) is 36.4 Å². The minimum Gasteiger partial charge on any atom is -0.452 e. The molecule has 2 aromatic heterocycles. The van der Waals surface area contributed by atoms with Gasteiger partial charge in [0.2, 0.25) is 0 Å². The lowest BCUT2D eigenvalue weighted by Crippen LogP contribution is -2.40. The van der Waals surface area contributed by atoms with E-state index in [0.717, 1.165) is 11.3 Å². The average Bonchev–Trinajstić information content (AvgIpc) is 3.28. The number of aromatic nitrogens is 1. The number of benzene rings is 1. The maximum absolute atomic E-state index is 12.9. The Morgan fingerprint density at radius 2 is 1.75 bits per heavy atom. The van der Waals surface area contributed by atoms with Crippen molar-refractivity contribution in [2.24, 2.45) is 0 Å². The summed E-state index contributed by atoms with van der Waals surface area (Å²) in [4.78, 5) is 16.5. The molecule has 0 aliphatic heterocycles. The molecule has 0 amide bonds. The van der Waals surface area contributed by atoms with Crippen LogP contribution in [0.5, 0.6) is 0 Å². The van der Waals surface area contributed by atoms with E-state index in [4.69, 9.17) is 4.74 Å². The van der Waals surface area contributed by atoms with E-state index in [-0.39, 0.29) is 4.21 Å². The van der Waals surface area contributed by atoms with Crippen molar-refractivity contribution < 1.29 is 17.9 Å². The summed E-state index contributed by atoms with van der Waals surface area (Å²) in [5, 5.41) is 1.71. The molecule has 146 valence electrons. The molecule has 0 aliphatic carbocycles. The molecule has 2 heterocycles. The number of hydrogen-bond acceptors (Lipinski definition) is 6. The number of ether oxygens (including phenoxy) is 1. The van der Waals surface area contributed by atoms with E-state index in [0.29, 0.717) is 11.1 Å². The zero-order chi connectivity index (χ0) is 20.1. The number of thiophene rings is 1. The predicted octanol–water partition coefficient (Wildman–Crippen LogP) is 3.75. The molecule has 1 aromatic carbocycles. The van der Waals surface area contributed by atoms with E-state index in [9.17, 15) is 13.2 Å². The molecule has 6 nitrogen and oxygen atoms in total. The highest BCUT2D eigenvalue weighted by Gasteiger charge is 2.34. The predicted molar refractivity (Wildman–Crippen MR) is 108 cm³/mol. The zero-order valence-electron chi connectivity index (χ0n) is 15.4. The lowest BCUT2D eigenvalue weighted by molar-refractivity contribution is 0.0146. The molecule has 0 spiro atoms. The van der Waals surface area contributed by atoms with Gasteiger partial charge in [0.15, 0.2) is 0 Å². The summed E-state index contributed by atoms with van der Waals surface area (Å²) >= 11 is 1.15. The van der Waals surface area contributed by atoms with Gasteiger partial charge >= 0.3 is 5.97 Å². The summed E-state index contributed by atoms with van der Waals surface area (Å²) < 4.78 is 33.1. The number of carbonyl (C=O) groups excluding carboxylic acids is 1. The Morgan fingerprint density at radius 3 is 2.36 bits per heavy atom. The molecule has 0 fully saturated rings. The highest BCUT2D eigenvalue weighted by molar-refractivity contribution is 7.91. The molecule has 2 atom stereocenters. The van der Waals surface area contributed by atoms with E-state index in [1.165, 1.54) is 23.7 Å². The van der Waals surface area contributed by atoms with Crippen molar-refractivity contribution in [1.82, 2.24) is 9.29 Å². The van der Waals surface area contributed by atoms with E-state index < -0.39 is 28.1 Å². The van der Waals surface area contributed by atoms with Gasteiger partial charge < -0.3 is 4.74 Å². The van der Waals surface area contributed by atoms with Gasteiger partial charge in [0, 0.05) is 19.4 Å². The molecule has 0 aliphatic rings. The monoisotopic (exact) mass is 416 g/mol. The Balaban J connectivity index is 1.91. The Hall–Kier alpha value is -2.55. The lowest BCUT2D eigenvalue weighted by atomic mass is 10.0. The summed E-state index contributed by atoms with van der Waals surface area (Å²) in [5.41, 5.74) is 1.07. The van der Waals surface area contributed by atoms with Crippen LogP contribution in [0.3, 0.4) is 0 Å². The number of carbonyl (C=O) groups is 1. The third kappa shape index (κ3) is 4.30. The Kier molecular flexibility index (Phi) is 6.23. The van der Waals surface area contributed by atoms with Gasteiger partial charge in [-0.2, -0.15) is 4.31 Å². The van der Waals surface area contributed by atoms with Crippen LogP contribution in [0.4, 0.5) is 0 Å². The van der Waals surface area contributed by atoms with Crippen LogP contribution in [-0.2, 0) is 14.8 Å². The van der Waals surface area contributed by atoms with Crippen molar-refractivity contribution in [3.05, 3.63) is 83.5 Å². The van der Waals surface area contributed by atoms with Crippen LogP contribution >= 0.6 is 11.3 Å². The molecule has 0 saturated heterocycles. The number of sulfonamides is 1. The maximum atomic E-state index is 12.9. The minimum absolute atomic E-state index is 0.245. The highest BCUT2D eigenvalue weighted by Crippen LogP contribution is 2.30. The van der Waals surface area contributed by atoms with Gasteiger partial charge in [0.05, 0.1) is 11.6 Å². The van der Waals surface area contributed by atoms with Crippen molar-refractivity contribution in [1.29, 1.82) is 0 Å². The first-order valence-electron chi connectivity index (χ1n) is 8.59. The van der Waals surface area contributed by atoms with Crippen LogP contribution in [0.2, 0.25) is 0 Å². The average molecular weight is 417 g/mol. The quantitative estimate of drug-likeness (QED) is 0.548. The molecule has 8 heteroatoms. The van der Waals surface area contributed by atoms with Crippen molar-refractivity contribution in [2.45, 2.75) is 23.3 Å². The zero-order valence-corrected chi connectivity index (χ0v) is 17.1. The first kappa shape index (κ1) is 20.2. The molecular formula is C20H20N2O4S2. The van der Waals surface area contributed by atoms with E-state index in [1.54, 1.807) is 36.6 Å². The van der Waals surface area contributed by atoms with Gasteiger partial charge in [0.25, 0.3) is 10.0 Å². The molecular weight excluding hydrogens is 396 g/mol. The second-order valence-corrected chi connectivity index (χ2v) is 9.34. The Morgan fingerprint density at radius 1 is 1.07 bits per heavy atom. The molecule has 0 radical (unpaired) electrons. The van der Waals surface area contributed by atoms with Gasteiger partial charge in [-0.15, -0.1) is 11.3 Å². The molecule has 0 unspecified atom stereocenters. The van der Waals surface area contributed by atoms with Crippen LogP contribution in [-0.4, -0.2) is 36.8 Å². The van der Waals surface area contributed by atoms with Gasteiger partial charge in [-0.05, 0) is 36.1 Å². The highest BCUT2D eigenvalue weighted by atomic mass is 32.2. The molecule has 0 N–H and O–H groups in total. The fourth-order valence-corrected chi connectivity index (χ4v) is 5.26. The Bertz CT molecular complexity index is 1010. The van der Waals surface area contributed by atoms with Crippen LogP contribution in [0.15, 0.2) is 76.6 Å². The largest absolute Gasteiger partial charge is 0.452 e. The number of rotatable bonds is 7. The second-order valence-electron chi connectivity index (χ2n) is 6.17. The smallest absolute Gasteiger partial charge is 0.338 e. The Labute approximate surface area is 168 Å². The van der Waals surface area contributed by atoms with Gasteiger partial charge in [-0.25, -0.2) is 13.2 Å². The summed E-state index contributed by atoms with van der Waals surface area (Å²) in [6.07, 6.45) is 2.23. The first-order valence-corrected chi connectivity index (χ1v) is 10.9. The number of esters is 1. The standard InChI is InChI=1S/C20H20N2O4S2/c1-15(22(2)28(24,25)18-9-6-14-27-18)19(16-7-4-3-5-8-16)26-20(23)17-10-12-21-13-11-17/h3-15,19H,1-2H3/t15-,19-/m1/s1. The number of likely N-dealkylation sites (N-methyl/N-ethyl adjacent to an activating group) is 1. The van der Waals surface area contributed by atoms with E-state index in [1.807, 2.05) is 30.3 Å². The van der Waals surface area contributed by atoms with E-state index >= 15 is 0 Å². The van der Waals surface area contributed by atoms with Crippen LogP contribution in [0.25, 0.3) is 0 Å². The summed E-state index contributed by atoms with van der Waals surface area (Å²) in [6.45, 7) is 1.72. The van der Waals surface area contributed by atoms with Crippen molar-refractivity contribution >= 4 is 27.3 Å². The molecule has 3 aromatic rings. The van der Waals surface area contributed by atoms with Crippen molar-refractivity contribution in [3.8, 4) is 0 Å². The topological polar surface area (TPSA) is 76.6 Å². The minimum atomic E-state index is -3.70. The van der Waals surface area contributed by atoms with Crippen LogP contribution in [0, 0.1) is 0 Å². The normalized spacial score (nSPS) is 13.8. The molecule has 0 bridgehead atoms. The third-order valence-corrected chi connectivity index (χ3v) is 7.74. The lowest BCUT2D eigenvalue weighted by Gasteiger charge is -2.31. The third-order valence-electron chi connectivity index (χ3n) is 4.42. The number of pyridine rings is 1. The fourth-order valence-electron chi connectivity index (χ4n) is 2.72. The number of nitrogens with zero attached hydrogens (tertiary/aromatic N) is 2. The van der Waals surface area contributed by atoms with Crippen molar-refractivity contribution in [3.63, 3.8) is 0 Å². The van der Waals surface area contributed by atoms with Crippen LogP contribution in [0.1, 0.15) is 28.9 Å². The summed E-state index contributed by atoms with van der Waals surface area (Å²) in [5.74, 6) is -0.537. The van der Waals surface area contributed by atoms with E-state index in [2.05, 4.69) is 4.98 Å². The van der Waals surface area contributed by atoms with Crippen LogP contribution < -0.4 is 0 Å². The van der Waals surface area contributed by atoms with Gasteiger partial charge in [0.1, 0.15) is 10.3 Å². The van der Waals surface area contributed by atoms with Crippen molar-refractivity contribution in [2.75, 3.05) is 7.05 Å². The maximum Gasteiger partial charge on any atom is 0.338 e. The molecule has 28 heavy (non-hydrogen) atoms. The summed E-state index contributed by atoms with van der Waals surface area (Å²) in [7, 11) is -2.20. The fraction of sp³-hybridized carbons (Fsp3) is 0.200. The number of hydrogen-bond donors (Lipinski definition) is 0. The van der Waals surface area contributed by atoms with Gasteiger partial charge in [-0.3, -0.25) is 4.98 Å².